The van der Waals surface area contributed by atoms with E-state index < -0.39 is 30.6 Å². The molecule has 2 N–H and O–H groups in total. The minimum absolute atomic E-state index is 0. The van der Waals surface area contributed by atoms with Gasteiger partial charge in [0, 0.05) is 5.69 Å². The second kappa shape index (κ2) is 13.7. The van der Waals surface area contributed by atoms with Crippen LogP contribution in [0.5, 0.6) is 0 Å². The van der Waals surface area contributed by atoms with Crippen LogP contribution in [0.3, 0.4) is 0 Å². The van der Waals surface area contributed by atoms with Gasteiger partial charge in [-0.05, 0) is 56.2 Å². The van der Waals surface area contributed by atoms with Crippen LogP contribution in [0.1, 0.15) is 43.7 Å². The molecule has 2 aromatic rings. The number of halogens is 1. The van der Waals surface area contributed by atoms with Gasteiger partial charge in [0.1, 0.15) is 12.6 Å². The number of rotatable bonds is 9. The Labute approximate surface area is 206 Å². The van der Waals surface area contributed by atoms with Gasteiger partial charge in [-0.3, -0.25) is 24.6 Å². The van der Waals surface area contributed by atoms with Gasteiger partial charge >= 0.3 is 11.9 Å². The minimum atomic E-state index is -1.08. The van der Waals surface area contributed by atoms with Gasteiger partial charge in [0.2, 0.25) is 5.91 Å². The Balaban J connectivity index is 0.00000408. The molecule has 2 atom stereocenters. The van der Waals surface area contributed by atoms with Crippen molar-refractivity contribution in [3.8, 4) is 0 Å². The number of para-hydroxylation sites is 1. The average molecular weight is 489 g/mol. The molecule has 0 radical (unpaired) electrons. The maximum absolute atomic E-state index is 13.6. The smallest absolute Gasteiger partial charge is 0.323 e. The van der Waals surface area contributed by atoms with Crippen LogP contribution in [0, 0.1) is 0 Å². The van der Waals surface area contributed by atoms with Gasteiger partial charge in [-0.25, -0.2) is 0 Å². The molecule has 0 bridgehead atoms. The molecule has 0 saturated heterocycles. The van der Waals surface area contributed by atoms with Crippen molar-refractivity contribution in [3.05, 3.63) is 65.7 Å². The Morgan fingerprint density at radius 2 is 1.82 bits per heavy atom. The molecule has 8 heteroatoms. The van der Waals surface area contributed by atoms with E-state index in [-0.39, 0.29) is 24.9 Å². The summed E-state index contributed by atoms with van der Waals surface area (Å²) in [7, 11) is 0. The van der Waals surface area contributed by atoms with E-state index in [4.69, 9.17) is 4.74 Å². The summed E-state index contributed by atoms with van der Waals surface area (Å²) in [5.74, 6) is -1.81. The lowest BCUT2D eigenvalue weighted by atomic mass is 10.0. The lowest BCUT2D eigenvalue weighted by molar-refractivity contribution is -0.146. The molecule has 7 nitrogen and oxygen atoms in total. The Kier molecular flexibility index (Phi) is 11.0. The van der Waals surface area contributed by atoms with E-state index in [1.165, 1.54) is 4.90 Å². The zero-order valence-electron chi connectivity index (χ0n) is 19.4. The number of fused-ring (bicyclic) bond motifs is 1. The van der Waals surface area contributed by atoms with E-state index in [1.54, 1.807) is 13.0 Å². The van der Waals surface area contributed by atoms with Crippen LogP contribution in [-0.4, -0.2) is 48.2 Å². The standard InChI is InChI=1S/C26H32N2O5.ClH/c1-2-33-26(32)22(17-16-19-10-4-3-5-11-19)27-21-14-8-6-12-20-13-7-9-15-23(20)28(25(21)31)18-24(29)30;/h3-5,7,9-11,13,15,21-22,27H,2,6,8,12,14,16-18H2,1H3,(H,29,30);1H/t21-,22-;/m0./s1. The van der Waals surface area contributed by atoms with E-state index in [0.717, 1.165) is 30.4 Å². The second-order valence-electron chi connectivity index (χ2n) is 8.24. The third-order valence-electron chi connectivity index (χ3n) is 5.87. The molecule has 1 amide bonds. The number of carboxylic acid groups (broad SMARTS) is 1. The third kappa shape index (κ3) is 7.57. The number of esters is 1. The van der Waals surface area contributed by atoms with E-state index in [2.05, 4.69) is 5.32 Å². The van der Waals surface area contributed by atoms with Crippen LogP contribution in [0.25, 0.3) is 0 Å². The first-order valence-electron chi connectivity index (χ1n) is 11.6. The number of hydrogen-bond donors (Lipinski definition) is 2. The monoisotopic (exact) mass is 488 g/mol. The molecule has 0 aliphatic carbocycles. The zero-order chi connectivity index (χ0) is 23.6. The van der Waals surface area contributed by atoms with Crippen molar-refractivity contribution in [1.82, 2.24) is 5.32 Å². The fourth-order valence-corrected chi connectivity index (χ4v) is 4.24. The number of carboxylic acids is 1. The number of benzene rings is 2. The van der Waals surface area contributed by atoms with Crippen LogP contribution in [0.15, 0.2) is 54.6 Å². The number of ether oxygens (including phenoxy) is 1. The molecule has 1 aliphatic heterocycles. The maximum atomic E-state index is 13.6. The van der Waals surface area contributed by atoms with Gasteiger partial charge in [-0.1, -0.05) is 55.0 Å². The first-order valence-corrected chi connectivity index (χ1v) is 11.6. The van der Waals surface area contributed by atoms with E-state index in [1.807, 2.05) is 48.5 Å². The highest BCUT2D eigenvalue weighted by Crippen LogP contribution is 2.26. The summed E-state index contributed by atoms with van der Waals surface area (Å²) in [6.07, 6.45) is 4.07. The van der Waals surface area contributed by atoms with Crippen LogP contribution in [0.2, 0.25) is 0 Å². The Morgan fingerprint density at radius 3 is 2.53 bits per heavy atom. The molecular formula is C26H33ClN2O5. The van der Waals surface area contributed by atoms with E-state index >= 15 is 0 Å². The Morgan fingerprint density at radius 1 is 1.12 bits per heavy atom. The minimum Gasteiger partial charge on any atom is -0.480 e. The summed E-state index contributed by atoms with van der Waals surface area (Å²) in [6, 6.07) is 15.9. The number of anilines is 1. The number of amides is 1. The quantitative estimate of drug-likeness (QED) is 0.521. The predicted octanol–water partition coefficient (Wildman–Crippen LogP) is 3.78. The first-order chi connectivity index (χ1) is 16.0. The number of carbonyl (C=O) groups is 3. The maximum Gasteiger partial charge on any atom is 0.323 e. The zero-order valence-corrected chi connectivity index (χ0v) is 20.3. The molecule has 3 rings (SSSR count). The predicted molar refractivity (Wildman–Crippen MR) is 133 cm³/mol. The fraction of sp³-hybridized carbons (Fsp3) is 0.423. The van der Waals surface area contributed by atoms with E-state index in [0.29, 0.717) is 24.9 Å². The summed E-state index contributed by atoms with van der Waals surface area (Å²) in [4.78, 5) is 39.2. The van der Waals surface area contributed by atoms with Crippen LogP contribution in [0.4, 0.5) is 5.69 Å². The lowest BCUT2D eigenvalue weighted by Crippen LogP contribution is -2.53. The second-order valence-corrected chi connectivity index (χ2v) is 8.24. The van der Waals surface area contributed by atoms with E-state index in [9.17, 15) is 19.5 Å². The topological polar surface area (TPSA) is 95.9 Å². The largest absolute Gasteiger partial charge is 0.480 e. The summed E-state index contributed by atoms with van der Waals surface area (Å²) in [5.41, 5.74) is 2.67. The molecule has 2 aromatic carbocycles. The number of carbonyl (C=O) groups excluding carboxylic acids is 2. The highest BCUT2D eigenvalue weighted by Gasteiger charge is 2.32. The summed E-state index contributed by atoms with van der Waals surface area (Å²) in [6.45, 7) is 1.57. The van der Waals surface area contributed by atoms with Crippen molar-refractivity contribution >= 4 is 35.9 Å². The van der Waals surface area contributed by atoms with Crippen molar-refractivity contribution < 1.29 is 24.2 Å². The van der Waals surface area contributed by atoms with Gasteiger partial charge in [-0.15, -0.1) is 12.4 Å². The van der Waals surface area contributed by atoms with Crippen molar-refractivity contribution in [3.63, 3.8) is 0 Å². The SMILES string of the molecule is CCOC(=O)[C@H](CCc1ccccc1)N[C@H]1CCCCc2ccccc2N(CC(=O)O)C1=O.Cl. The van der Waals surface area contributed by atoms with Crippen molar-refractivity contribution in [2.45, 2.75) is 57.5 Å². The summed E-state index contributed by atoms with van der Waals surface area (Å²) in [5, 5.41) is 12.7. The van der Waals surface area contributed by atoms with Crippen molar-refractivity contribution in [1.29, 1.82) is 0 Å². The first kappa shape index (κ1) is 27.3. The molecule has 1 aliphatic rings. The van der Waals surface area contributed by atoms with Gasteiger partial charge < -0.3 is 9.84 Å². The fourth-order valence-electron chi connectivity index (χ4n) is 4.24. The van der Waals surface area contributed by atoms with Crippen LogP contribution in [-0.2, 0) is 32.0 Å². The highest BCUT2D eigenvalue weighted by molar-refractivity contribution is 6.01. The number of nitrogens with one attached hydrogen (secondary N) is 1. The van der Waals surface area contributed by atoms with Gasteiger partial charge in [-0.2, -0.15) is 0 Å². The Hall–Kier alpha value is -2.90. The molecule has 0 aromatic heterocycles. The van der Waals surface area contributed by atoms with Crippen LogP contribution < -0.4 is 10.2 Å². The number of aliphatic carboxylic acids is 1. The number of aryl methyl sites for hydroxylation is 2. The highest BCUT2D eigenvalue weighted by atomic mass is 35.5. The molecule has 0 unspecified atom stereocenters. The van der Waals surface area contributed by atoms with Gasteiger partial charge in [0.05, 0.1) is 12.6 Å². The Bertz CT molecular complexity index is 953. The summed E-state index contributed by atoms with van der Waals surface area (Å²) < 4.78 is 5.28. The third-order valence-corrected chi connectivity index (χ3v) is 5.87. The van der Waals surface area contributed by atoms with Crippen molar-refractivity contribution in [2.75, 3.05) is 18.1 Å². The normalized spacial score (nSPS) is 16.8. The molecule has 184 valence electrons. The summed E-state index contributed by atoms with van der Waals surface area (Å²) >= 11 is 0. The average Bonchev–Trinajstić information content (AvgIpc) is 2.87. The van der Waals surface area contributed by atoms with Gasteiger partial charge in [0.15, 0.2) is 0 Å². The number of nitrogens with zero attached hydrogens (tertiary/aromatic N) is 1. The lowest BCUT2D eigenvalue weighted by Gasteiger charge is -2.29. The molecule has 0 fully saturated rings. The van der Waals surface area contributed by atoms with Crippen molar-refractivity contribution in [2.24, 2.45) is 0 Å². The molecule has 1 heterocycles. The van der Waals surface area contributed by atoms with Crippen LogP contribution >= 0.6 is 12.4 Å². The molecule has 34 heavy (non-hydrogen) atoms. The number of hydrogen-bond acceptors (Lipinski definition) is 5. The molecule has 0 spiro atoms. The molecular weight excluding hydrogens is 456 g/mol. The van der Waals surface area contributed by atoms with Gasteiger partial charge in [0.25, 0.3) is 0 Å². The molecule has 0 saturated carbocycles.